The Balaban J connectivity index is 0. The lowest BCUT2D eigenvalue weighted by Gasteiger charge is -1.97. The summed E-state index contributed by atoms with van der Waals surface area (Å²) in [6, 6.07) is 13.9. The third kappa shape index (κ3) is 10.3. The van der Waals surface area contributed by atoms with Crippen LogP contribution >= 0.6 is 0 Å². The predicted octanol–water partition coefficient (Wildman–Crippen LogP) is 6.81. The van der Waals surface area contributed by atoms with Crippen molar-refractivity contribution in [1.82, 2.24) is 0 Å². The largest absolute Gasteiger partial charge is 0.497 e. The van der Waals surface area contributed by atoms with Crippen molar-refractivity contribution in [1.29, 1.82) is 0 Å². The zero-order valence-corrected chi connectivity index (χ0v) is 17.5. The Morgan fingerprint density at radius 2 is 1.28 bits per heavy atom. The Morgan fingerprint density at radius 1 is 0.720 bits per heavy atom. The van der Waals surface area contributed by atoms with Crippen molar-refractivity contribution in [3.63, 3.8) is 0 Å². The molecular weight excluding hydrogens is 312 g/mol. The lowest BCUT2D eigenvalue weighted by molar-refractivity contribution is 0.174. The zero-order valence-electron chi connectivity index (χ0n) is 17.5. The van der Waals surface area contributed by atoms with E-state index >= 15 is 0 Å². The number of hydrogen-bond acceptors (Lipinski definition) is 3. The van der Waals surface area contributed by atoms with Crippen molar-refractivity contribution in [2.45, 2.75) is 55.4 Å². The van der Waals surface area contributed by atoms with E-state index in [1.807, 2.05) is 97.9 Å². The Kier molecular flexibility index (Phi) is 16.7. The average Bonchev–Trinajstić information content (AvgIpc) is 3.15. The summed E-state index contributed by atoms with van der Waals surface area (Å²) < 4.78 is 15.3. The van der Waals surface area contributed by atoms with Crippen LogP contribution < -0.4 is 14.2 Å². The van der Waals surface area contributed by atoms with Crippen LogP contribution in [0.5, 0.6) is 17.2 Å². The molecule has 2 aromatic rings. The molecule has 0 amide bonds. The van der Waals surface area contributed by atoms with Gasteiger partial charge < -0.3 is 14.2 Å². The van der Waals surface area contributed by atoms with Crippen LogP contribution in [0.2, 0.25) is 0 Å². The standard InChI is InChI=1S/C8H8O2.C8H10O.3C2H6/c1-6-2-3-7-8(4-6)10-5-9-7;1-7-4-3-5-8(6-7)9-2;3*1-2/h2-4H,5H2,1H3;3-6H,1-2H3;3*1-2H3. The van der Waals surface area contributed by atoms with Crippen LogP contribution in [0.25, 0.3) is 0 Å². The Labute approximate surface area is 154 Å². The molecule has 0 N–H and O–H groups in total. The van der Waals surface area contributed by atoms with Crippen molar-refractivity contribution in [3.8, 4) is 17.2 Å². The highest BCUT2D eigenvalue weighted by atomic mass is 16.7. The highest BCUT2D eigenvalue weighted by Gasteiger charge is 2.11. The fourth-order valence-corrected chi connectivity index (χ4v) is 1.75. The van der Waals surface area contributed by atoms with E-state index in [-0.39, 0.29) is 0 Å². The highest BCUT2D eigenvalue weighted by molar-refractivity contribution is 5.43. The first-order chi connectivity index (χ1) is 12.2. The van der Waals surface area contributed by atoms with Gasteiger partial charge in [0.15, 0.2) is 11.5 Å². The van der Waals surface area contributed by atoms with Crippen molar-refractivity contribution in [3.05, 3.63) is 53.6 Å². The molecular formula is C22H36O3. The molecule has 2 aromatic carbocycles. The van der Waals surface area contributed by atoms with Gasteiger partial charge in [0.25, 0.3) is 0 Å². The molecule has 0 aromatic heterocycles. The summed E-state index contributed by atoms with van der Waals surface area (Å²) in [7, 11) is 1.68. The first-order valence-electron chi connectivity index (χ1n) is 9.16. The quantitative estimate of drug-likeness (QED) is 0.567. The van der Waals surface area contributed by atoms with Crippen LogP contribution in [0.1, 0.15) is 52.7 Å². The normalized spacial score (nSPS) is 9.48. The molecule has 1 heterocycles. The van der Waals surface area contributed by atoms with E-state index in [0.717, 1.165) is 17.2 Å². The van der Waals surface area contributed by atoms with E-state index in [4.69, 9.17) is 14.2 Å². The lowest BCUT2D eigenvalue weighted by Crippen LogP contribution is -1.92. The molecule has 0 bridgehead atoms. The zero-order chi connectivity index (χ0) is 19.7. The molecule has 3 nitrogen and oxygen atoms in total. The van der Waals surface area contributed by atoms with Crippen LogP contribution in [0.15, 0.2) is 42.5 Å². The maximum atomic E-state index is 5.16. The summed E-state index contributed by atoms with van der Waals surface area (Å²) in [5, 5.41) is 0. The Morgan fingerprint density at radius 3 is 1.80 bits per heavy atom. The number of methoxy groups -OCH3 is 1. The van der Waals surface area contributed by atoms with Gasteiger partial charge in [0.05, 0.1) is 7.11 Å². The van der Waals surface area contributed by atoms with Gasteiger partial charge in [0, 0.05) is 0 Å². The molecule has 0 radical (unpaired) electrons. The predicted molar refractivity (Wildman–Crippen MR) is 109 cm³/mol. The maximum absolute atomic E-state index is 5.16. The van der Waals surface area contributed by atoms with E-state index in [1.165, 1.54) is 11.1 Å². The van der Waals surface area contributed by atoms with Gasteiger partial charge in [0.1, 0.15) is 5.75 Å². The molecule has 3 heteroatoms. The van der Waals surface area contributed by atoms with E-state index in [2.05, 4.69) is 0 Å². The number of fused-ring (bicyclic) bond motifs is 1. The molecule has 1 aliphatic heterocycles. The van der Waals surface area contributed by atoms with Gasteiger partial charge in [-0.25, -0.2) is 0 Å². The van der Waals surface area contributed by atoms with Gasteiger partial charge in [-0.1, -0.05) is 59.7 Å². The Hall–Kier alpha value is -2.16. The van der Waals surface area contributed by atoms with Crippen molar-refractivity contribution < 1.29 is 14.2 Å². The highest BCUT2D eigenvalue weighted by Crippen LogP contribution is 2.31. The maximum Gasteiger partial charge on any atom is 0.231 e. The second-order valence-electron chi connectivity index (χ2n) is 4.38. The van der Waals surface area contributed by atoms with Gasteiger partial charge in [0.2, 0.25) is 6.79 Å². The van der Waals surface area contributed by atoms with Gasteiger partial charge in [-0.05, 0) is 49.2 Å². The number of ether oxygens (including phenoxy) is 3. The van der Waals surface area contributed by atoms with E-state index < -0.39 is 0 Å². The average molecular weight is 349 g/mol. The van der Waals surface area contributed by atoms with Crippen LogP contribution in [-0.4, -0.2) is 13.9 Å². The van der Waals surface area contributed by atoms with E-state index in [1.54, 1.807) is 7.11 Å². The van der Waals surface area contributed by atoms with Gasteiger partial charge >= 0.3 is 0 Å². The van der Waals surface area contributed by atoms with Crippen LogP contribution in [0, 0.1) is 13.8 Å². The minimum Gasteiger partial charge on any atom is -0.497 e. The number of rotatable bonds is 1. The second-order valence-corrected chi connectivity index (χ2v) is 4.38. The molecule has 0 atom stereocenters. The van der Waals surface area contributed by atoms with Gasteiger partial charge in [-0.15, -0.1) is 0 Å². The third-order valence-electron chi connectivity index (χ3n) is 2.75. The van der Waals surface area contributed by atoms with Crippen molar-refractivity contribution in [2.24, 2.45) is 0 Å². The van der Waals surface area contributed by atoms with Crippen LogP contribution in [0.4, 0.5) is 0 Å². The molecule has 142 valence electrons. The monoisotopic (exact) mass is 348 g/mol. The number of benzene rings is 2. The lowest BCUT2D eigenvalue weighted by atomic mass is 10.2. The minimum absolute atomic E-state index is 0.360. The molecule has 0 unspecified atom stereocenters. The van der Waals surface area contributed by atoms with Crippen molar-refractivity contribution >= 4 is 0 Å². The van der Waals surface area contributed by atoms with Crippen LogP contribution in [0.3, 0.4) is 0 Å². The third-order valence-corrected chi connectivity index (χ3v) is 2.75. The molecule has 0 aliphatic carbocycles. The Bertz CT molecular complexity index is 551. The molecule has 0 spiro atoms. The molecule has 0 fully saturated rings. The fourth-order valence-electron chi connectivity index (χ4n) is 1.75. The topological polar surface area (TPSA) is 27.7 Å². The number of aryl methyl sites for hydroxylation is 2. The summed E-state index contributed by atoms with van der Waals surface area (Å²) in [5.74, 6) is 2.64. The summed E-state index contributed by atoms with van der Waals surface area (Å²) in [6.45, 7) is 16.4. The van der Waals surface area contributed by atoms with Crippen LogP contribution in [-0.2, 0) is 0 Å². The van der Waals surface area contributed by atoms with Crippen molar-refractivity contribution in [2.75, 3.05) is 13.9 Å². The van der Waals surface area contributed by atoms with Gasteiger partial charge in [-0.2, -0.15) is 0 Å². The van der Waals surface area contributed by atoms with Gasteiger partial charge in [-0.3, -0.25) is 0 Å². The van der Waals surface area contributed by atoms with E-state index in [9.17, 15) is 0 Å². The molecule has 0 saturated carbocycles. The SMILES string of the molecule is CC.CC.CC.COc1cccc(C)c1.Cc1ccc2c(c1)OCO2. The first kappa shape index (κ1) is 25.1. The minimum atomic E-state index is 0.360. The smallest absolute Gasteiger partial charge is 0.231 e. The summed E-state index contributed by atoms with van der Waals surface area (Å²) in [6.07, 6.45) is 0. The summed E-state index contributed by atoms with van der Waals surface area (Å²) in [4.78, 5) is 0. The number of hydrogen-bond donors (Lipinski definition) is 0. The first-order valence-corrected chi connectivity index (χ1v) is 9.16. The molecule has 1 aliphatic rings. The molecule has 3 rings (SSSR count). The van der Waals surface area contributed by atoms with E-state index in [0.29, 0.717) is 6.79 Å². The molecule has 25 heavy (non-hydrogen) atoms. The summed E-state index contributed by atoms with van der Waals surface area (Å²) >= 11 is 0. The second kappa shape index (κ2) is 16.7. The molecule has 0 saturated heterocycles. The summed E-state index contributed by atoms with van der Waals surface area (Å²) in [5.41, 5.74) is 2.43. The fraction of sp³-hybridized carbons (Fsp3) is 0.455.